The minimum atomic E-state index is 0.228. The third-order valence-corrected chi connectivity index (χ3v) is 5.66. The zero-order valence-corrected chi connectivity index (χ0v) is 16.8. The van der Waals surface area contributed by atoms with E-state index >= 15 is 0 Å². The van der Waals surface area contributed by atoms with Gasteiger partial charge in [0.2, 0.25) is 5.91 Å². The van der Waals surface area contributed by atoms with Gasteiger partial charge in [0.1, 0.15) is 0 Å². The third-order valence-electron chi connectivity index (χ3n) is 5.66. The summed E-state index contributed by atoms with van der Waals surface area (Å²) in [7, 11) is 0. The molecule has 28 heavy (non-hydrogen) atoms. The molecule has 1 aliphatic rings. The average molecular weight is 377 g/mol. The first kappa shape index (κ1) is 18.7. The lowest BCUT2D eigenvalue weighted by molar-refractivity contribution is -0.133. The van der Waals surface area contributed by atoms with Crippen LogP contribution < -0.4 is 0 Å². The Hall–Kier alpha value is -2.66. The van der Waals surface area contributed by atoms with E-state index in [2.05, 4.69) is 60.2 Å². The van der Waals surface area contributed by atoms with E-state index in [0.29, 0.717) is 13.0 Å². The smallest absolute Gasteiger partial charge is 0.224 e. The van der Waals surface area contributed by atoms with Gasteiger partial charge < -0.3 is 4.90 Å². The molecule has 146 valence electrons. The Bertz CT molecular complexity index is 970. The zero-order chi connectivity index (χ0) is 19.5. The number of hydrogen-bond acceptors (Lipinski definition) is 3. The van der Waals surface area contributed by atoms with Gasteiger partial charge in [-0.05, 0) is 31.0 Å². The van der Waals surface area contributed by atoms with Gasteiger partial charge in [-0.15, -0.1) is 0 Å². The summed E-state index contributed by atoms with van der Waals surface area (Å²) in [5.74, 6) is 0.228. The van der Waals surface area contributed by atoms with Crippen LogP contribution in [0.2, 0.25) is 0 Å². The van der Waals surface area contributed by atoms with Crippen LogP contribution in [0.15, 0.2) is 48.7 Å². The monoisotopic (exact) mass is 376 g/mol. The fraction of sp³-hybridized carbons (Fsp3) is 0.391. The minimum absolute atomic E-state index is 0.228. The Balaban J connectivity index is 1.28. The number of piperazine rings is 1. The van der Waals surface area contributed by atoms with Crippen LogP contribution in [-0.4, -0.2) is 51.7 Å². The van der Waals surface area contributed by atoms with Crippen molar-refractivity contribution in [3.8, 4) is 0 Å². The number of fused-ring (bicyclic) bond motifs is 1. The Labute approximate surface area is 166 Å². The van der Waals surface area contributed by atoms with Crippen LogP contribution in [-0.2, 0) is 17.9 Å². The summed E-state index contributed by atoms with van der Waals surface area (Å²) in [5, 5.41) is 5.64. The molecular formula is C23H28N4O. The minimum Gasteiger partial charge on any atom is -0.340 e. The predicted octanol–water partition coefficient (Wildman–Crippen LogP) is 3.39. The van der Waals surface area contributed by atoms with Gasteiger partial charge in [-0.25, -0.2) is 0 Å². The SMILES string of the molecule is Cc1cccc(CN2CCN(C(=O)CCn3ncc4c(C)cccc43)CC2)c1. The number of aryl methyl sites for hydroxylation is 3. The van der Waals surface area contributed by atoms with E-state index in [1.165, 1.54) is 22.1 Å². The molecule has 0 radical (unpaired) electrons. The maximum atomic E-state index is 12.7. The molecule has 0 aliphatic carbocycles. The van der Waals surface area contributed by atoms with Crippen molar-refractivity contribution < 1.29 is 4.79 Å². The van der Waals surface area contributed by atoms with Gasteiger partial charge in [0.15, 0.2) is 0 Å². The summed E-state index contributed by atoms with van der Waals surface area (Å²) in [5.41, 5.74) is 4.98. The highest BCUT2D eigenvalue weighted by molar-refractivity contribution is 5.82. The summed E-state index contributed by atoms with van der Waals surface area (Å²) >= 11 is 0. The summed E-state index contributed by atoms with van der Waals surface area (Å²) in [6.07, 6.45) is 2.40. The molecule has 0 atom stereocenters. The van der Waals surface area contributed by atoms with Gasteiger partial charge >= 0.3 is 0 Å². The van der Waals surface area contributed by atoms with Gasteiger partial charge in [0, 0.05) is 44.5 Å². The first-order valence-corrected chi connectivity index (χ1v) is 10.1. The molecule has 0 unspecified atom stereocenters. The molecule has 1 amide bonds. The summed E-state index contributed by atoms with van der Waals surface area (Å²) < 4.78 is 1.95. The van der Waals surface area contributed by atoms with Crippen molar-refractivity contribution in [2.45, 2.75) is 33.4 Å². The number of carbonyl (C=O) groups is 1. The second-order valence-corrected chi connectivity index (χ2v) is 7.77. The number of benzene rings is 2. The first-order chi connectivity index (χ1) is 13.6. The second-order valence-electron chi connectivity index (χ2n) is 7.77. The molecule has 1 aromatic heterocycles. The van der Waals surface area contributed by atoms with Crippen LogP contribution >= 0.6 is 0 Å². The zero-order valence-electron chi connectivity index (χ0n) is 16.8. The highest BCUT2D eigenvalue weighted by atomic mass is 16.2. The molecule has 0 spiro atoms. The Morgan fingerprint density at radius 3 is 2.61 bits per heavy atom. The molecule has 2 heterocycles. The lowest BCUT2D eigenvalue weighted by Gasteiger charge is -2.35. The molecule has 5 nitrogen and oxygen atoms in total. The number of amides is 1. The van der Waals surface area contributed by atoms with Crippen LogP contribution in [0.1, 0.15) is 23.1 Å². The van der Waals surface area contributed by atoms with Crippen LogP contribution in [0.3, 0.4) is 0 Å². The van der Waals surface area contributed by atoms with Gasteiger partial charge in [0.25, 0.3) is 0 Å². The van der Waals surface area contributed by atoms with Gasteiger partial charge in [-0.1, -0.05) is 42.0 Å². The second kappa shape index (κ2) is 8.15. The van der Waals surface area contributed by atoms with E-state index in [1.807, 2.05) is 21.8 Å². The number of carbonyl (C=O) groups excluding carboxylic acids is 1. The molecule has 2 aromatic carbocycles. The van der Waals surface area contributed by atoms with Gasteiger partial charge in [0.05, 0.1) is 18.3 Å². The molecule has 1 saturated heterocycles. The van der Waals surface area contributed by atoms with Crippen molar-refractivity contribution in [3.05, 3.63) is 65.4 Å². The lowest BCUT2D eigenvalue weighted by atomic mass is 10.1. The molecule has 4 rings (SSSR count). The number of nitrogens with zero attached hydrogens (tertiary/aromatic N) is 4. The van der Waals surface area contributed by atoms with Crippen LogP contribution in [0.25, 0.3) is 10.9 Å². The van der Waals surface area contributed by atoms with E-state index in [4.69, 9.17) is 0 Å². The number of hydrogen-bond donors (Lipinski definition) is 0. The summed E-state index contributed by atoms with van der Waals surface area (Å²) in [6.45, 7) is 9.30. The standard InChI is InChI=1S/C23H28N4O/c1-18-5-3-7-20(15-18)17-25-11-13-26(14-12-25)23(28)9-10-27-22-8-4-6-19(2)21(22)16-24-27/h3-8,15-16H,9-14,17H2,1-2H3. The summed E-state index contributed by atoms with van der Waals surface area (Å²) in [4.78, 5) is 17.1. The lowest BCUT2D eigenvalue weighted by Crippen LogP contribution is -2.48. The highest BCUT2D eigenvalue weighted by Gasteiger charge is 2.21. The molecule has 3 aromatic rings. The molecule has 0 bridgehead atoms. The largest absolute Gasteiger partial charge is 0.340 e. The van der Waals surface area contributed by atoms with Crippen molar-refractivity contribution in [2.24, 2.45) is 0 Å². The topological polar surface area (TPSA) is 41.4 Å². The van der Waals surface area contributed by atoms with E-state index in [0.717, 1.165) is 38.2 Å². The molecule has 0 saturated carbocycles. The van der Waals surface area contributed by atoms with E-state index in [1.54, 1.807) is 0 Å². The Morgan fingerprint density at radius 1 is 1.04 bits per heavy atom. The van der Waals surface area contributed by atoms with Gasteiger partial charge in [-0.3, -0.25) is 14.4 Å². The van der Waals surface area contributed by atoms with Crippen molar-refractivity contribution in [1.29, 1.82) is 0 Å². The quantitative estimate of drug-likeness (QED) is 0.685. The van der Waals surface area contributed by atoms with Crippen LogP contribution in [0.4, 0.5) is 0 Å². The number of rotatable bonds is 5. The van der Waals surface area contributed by atoms with E-state index in [-0.39, 0.29) is 5.91 Å². The molecule has 0 N–H and O–H groups in total. The highest BCUT2D eigenvalue weighted by Crippen LogP contribution is 2.18. The molecule has 1 fully saturated rings. The van der Waals surface area contributed by atoms with Crippen molar-refractivity contribution in [1.82, 2.24) is 19.6 Å². The molecule has 1 aliphatic heterocycles. The Kier molecular flexibility index (Phi) is 5.44. The van der Waals surface area contributed by atoms with E-state index < -0.39 is 0 Å². The fourth-order valence-electron chi connectivity index (χ4n) is 4.01. The fourth-order valence-corrected chi connectivity index (χ4v) is 4.01. The maximum Gasteiger partial charge on any atom is 0.224 e. The van der Waals surface area contributed by atoms with Gasteiger partial charge in [-0.2, -0.15) is 5.10 Å². The van der Waals surface area contributed by atoms with Crippen LogP contribution in [0.5, 0.6) is 0 Å². The average Bonchev–Trinajstić information content (AvgIpc) is 3.11. The summed E-state index contributed by atoms with van der Waals surface area (Å²) in [6, 6.07) is 14.9. The third kappa shape index (κ3) is 4.09. The molecular weight excluding hydrogens is 348 g/mol. The maximum absolute atomic E-state index is 12.7. The van der Waals surface area contributed by atoms with Crippen molar-refractivity contribution in [3.63, 3.8) is 0 Å². The molecule has 5 heteroatoms. The predicted molar refractivity (Wildman–Crippen MR) is 112 cm³/mol. The van der Waals surface area contributed by atoms with E-state index in [9.17, 15) is 4.79 Å². The Morgan fingerprint density at radius 2 is 1.82 bits per heavy atom. The number of aromatic nitrogens is 2. The van der Waals surface area contributed by atoms with Crippen molar-refractivity contribution >= 4 is 16.8 Å². The van der Waals surface area contributed by atoms with Crippen LogP contribution in [0, 0.1) is 13.8 Å². The van der Waals surface area contributed by atoms with Crippen molar-refractivity contribution in [2.75, 3.05) is 26.2 Å². The first-order valence-electron chi connectivity index (χ1n) is 10.1. The normalized spacial score (nSPS) is 15.3.